The molecule has 3 rings (SSSR count). The first-order valence-corrected chi connectivity index (χ1v) is 8.45. The van der Waals surface area contributed by atoms with Gasteiger partial charge in [0.25, 0.3) is 5.56 Å². The molecule has 0 aliphatic rings. The van der Waals surface area contributed by atoms with E-state index in [4.69, 9.17) is 0 Å². The minimum absolute atomic E-state index is 0.0132. The third-order valence-electron chi connectivity index (χ3n) is 3.78. The van der Waals surface area contributed by atoms with Crippen LogP contribution in [0, 0.1) is 0 Å². The lowest BCUT2D eigenvalue weighted by molar-refractivity contribution is 0.237. The number of aliphatic hydroxyl groups is 1. The monoisotopic (exact) mass is 329 g/mol. The lowest BCUT2D eigenvalue weighted by atomic mass is 10.2. The Hall–Kier alpha value is -2.02. The lowest BCUT2D eigenvalue weighted by Gasteiger charge is -2.12. The first-order chi connectivity index (χ1) is 11.2. The molecule has 1 atom stereocenters. The van der Waals surface area contributed by atoms with Crippen molar-refractivity contribution in [1.82, 2.24) is 15.3 Å². The number of thiophene rings is 1. The molecule has 6 heteroatoms. The van der Waals surface area contributed by atoms with Crippen molar-refractivity contribution in [2.45, 2.75) is 25.9 Å². The summed E-state index contributed by atoms with van der Waals surface area (Å²) in [5, 5.41) is 13.0. The van der Waals surface area contributed by atoms with Crippen LogP contribution in [-0.4, -0.2) is 27.7 Å². The van der Waals surface area contributed by atoms with E-state index in [1.54, 1.807) is 0 Å². The average Bonchev–Trinajstić information content (AvgIpc) is 3.01. The van der Waals surface area contributed by atoms with Crippen molar-refractivity contribution in [3.8, 4) is 10.4 Å². The maximum absolute atomic E-state index is 12.3. The average molecular weight is 329 g/mol. The quantitative estimate of drug-likeness (QED) is 0.649. The molecule has 120 valence electrons. The fraction of sp³-hybridized carbons (Fsp3) is 0.294. The van der Waals surface area contributed by atoms with Crippen LogP contribution in [-0.2, 0) is 6.54 Å². The zero-order chi connectivity index (χ0) is 16.2. The molecular weight excluding hydrogens is 310 g/mol. The van der Waals surface area contributed by atoms with Crippen molar-refractivity contribution in [1.29, 1.82) is 0 Å². The Labute approximate surface area is 138 Å². The number of hydrogen-bond donors (Lipinski definition) is 3. The van der Waals surface area contributed by atoms with E-state index in [9.17, 15) is 9.90 Å². The van der Waals surface area contributed by atoms with Crippen molar-refractivity contribution >= 4 is 21.6 Å². The molecule has 2 aromatic heterocycles. The zero-order valence-electron chi connectivity index (χ0n) is 12.9. The summed E-state index contributed by atoms with van der Waals surface area (Å²) in [4.78, 5) is 21.4. The molecule has 0 saturated carbocycles. The summed E-state index contributed by atoms with van der Waals surface area (Å²) in [5.41, 5.74) is 0.961. The summed E-state index contributed by atoms with van der Waals surface area (Å²) >= 11 is 1.52. The van der Waals surface area contributed by atoms with Crippen LogP contribution >= 0.6 is 11.3 Å². The maximum atomic E-state index is 12.3. The predicted molar refractivity (Wildman–Crippen MR) is 93.7 cm³/mol. The van der Waals surface area contributed by atoms with Crippen LogP contribution in [0.1, 0.15) is 19.2 Å². The minimum Gasteiger partial charge on any atom is -0.395 e. The fourth-order valence-corrected chi connectivity index (χ4v) is 3.44. The number of aliphatic hydroxyl groups excluding tert-OH is 1. The third-order valence-corrected chi connectivity index (χ3v) is 4.86. The van der Waals surface area contributed by atoms with Crippen LogP contribution in [0.15, 0.2) is 41.2 Å². The second-order valence-electron chi connectivity index (χ2n) is 5.38. The molecule has 1 unspecified atom stereocenters. The summed E-state index contributed by atoms with van der Waals surface area (Å²) in [7, 11) is 0. The van der Waals surface area contributed by atoms with Gasteiger partial charge in [-0.15, -0.1) is 11.3 Å². The van der Waals surface area contributed by atoms with Crippen LogP contribution in [0.2, 0.25) is 0 Å². The second-order valence-corrected chi connectivity index (χ2v) is 6.41. The number of nitrogens with one attached hydrogen (secondary N) is 2. The molecule has 0 bridgehead atoms. The van der Waals surface area contributed by atoms with Gasteiger partial charge < -0.3 is 15.4 Å². The largest absolute Gasteiger partial charge is 0.395 e. The molecule has 0 spiro atoms. The standard InChI is InChI=1S/C17H19N3O2S/c1-2-12(10-21)18-9-15-19-16(22)13-8-14(23-17(13)20-15)11-6-4-3-5-7-11/h3-8,12,18,21H,2,9-10H2,1H3,(H,19,20,22). The van der Waals surface area contributed by atoms with Gasteiger partial charge in [0.05, 0.1) is 18.5 Å². The van der Waals surface area contributed by atoms with Crippen molar-refractivity contribution in [3.05, 3.63) is 52.6 Å². The molecule has 0 radical (unpaired) electrons. The van der Waals surface area contributed by atoms with E-state index < -0.39 is 0 Å². The smallest absolute Gasteiger partial charge is 0.259 e. The Kier molecular flexibility index (Phi) is 4.85. The zero-order valence-corrected chi connectivity index (χ0v) is 13.7. The molecule has 0 aliphatic heterocycles. The van der Waals surface area contributed by atoms with Crippen molar-refractivity contribution in [3.63, 3.8) is 0 Å². The third kappa shape index (κ3) is 3.50. The van der Waals surface area contributed by atoms with Gasteiger partial charge in [0.1, 0.15) is 10.7 Å². The number of rotatable bonds is 6. The van der Waals surface area contributed by atoms with Gasteiger partial charge in [0.2, 0.25) is 0 Å². The number of hydrogen-bond acceptors (Lipinski definition) is 5. The van der Waals surface area contributed by atoms with Crippen molar-refractivity contribution in [2.24, 2.45) is 0 Å². The highest BCUT2D eigenvalue weighted by Gasteiger charge is 2.11. The molecule has 0 aliphatic carbocycles. The van der Waals surface area contributed by atoms with Crippen molar-refractivity contribution in [2.75, 3.05) is 6.61 Å². The van der Waals surface area contributed by atoms with E-state index in [1.807, 2.05) is 43.3 Å². The fourth-order valence-electron chi connectivity index (χ4n) is 2.38. The summed E-state index contributed by atoms with van der Waals surface area (Å²) in [6, 6.07) is 11.9. The van der Waals surface area contributed by atoms with Crippen LogP contribution in [0.3, 0.4) is 0 Å². The van der Waals surface area contributed by atoms with Gasteiger partial charge in [-0.3, -0.25) is 4.79 Å². The molecule has 2 heterocycles. The molecule has 0 saturated heterocycles. The van der Waals surface area contributed by atoms with Crippen LogP contribution in [0.5, 0.6) is 0 Å². The summed E-state index contributed by atoms with van der Waals surface area (Å²) in [6.45, 7) is 2.50. The molecule has 3 N–H and O–H groups in total. The number of nitrogens with zero attached hydrogens (tertiary/aromatic N) is 1. The van der Waals surface area contributed by atoms with E-state index >= 15 is 0 Å². The highest BCUT2D eigenvalue weighted by Crippen LogP contribution is 2.30. The summed E-state index contributed by atoms with van der Waals surface area (Å²) < 4.78 is 0. The number of aromatic amines is 1. The summed E-state index contributed by atoms with van der Waals surface area (Å²) in [6.07, 6.45) is 0.820. The van der Waals surface area contributed by atoms with Crippen LogP contribution in [0.25, 0.3) is 20.7 Å². The molecule has 23 heavy (non-hydrogen) atoms. The molecule has 0 fully saturated rings. The van der Waals surface area contributed by atoms with Gasteiger partial charge in [0, 0.05) is 10.9 Å². The number of benzene rings is 1. The van der Waals surface area contributed by atoms with E-state index in [0.29, 0.717) is 17.8 Å². The maximum Gasteiger partial charge on any atom is 0.259 e. The van der Waals surface area contributed by atoms with Crippen LogP contribution in [0.4, 0.5) is 0 Å². The van der Waals surface area contributed by atoms with E-state index in [1.165, 1.54) is 11.3 Å². The van der Waals surface area contributed by atoms with Gasteiger partial charge in [-0.25, -0.2) is 4.98 Å². The second kappa shape index (κ2) is 7.04. The number of H-pyrrole nitrogens is 1. The van der Waals surface area contributed by atoms with E-state index in [2.05, 4.69) is 15.3 Å². The predicted octanol–water partition coefficient (Wildman–Crippen LogP) is 2.51. The Morgan fingerprint density at radius 1 is 1.35 bits per heavy atom. The minimum atomic E-state index is -0.123. The Balaban J connectivity index is 1.91. The Morgan fingerprint density at radius 2 is 2.13 bits per heavy atom. The molecule has 5 nitrogen and oxygen atoms in total. The van der Waals surface area contributed by atoms with Crippen LogP contribution < -0.4 is 10.9 Å². The highest BCUT2D eigenvalue weighted by atomic mass is 32.1. The Bertz CT molecular complexity index is 838. The highest BCUT2D eigenvalue weighted by molar-refractivity contribution is 7.21. The first-order valence-electron chi connectivity index (χ1n) is 7.63. The van der Waals surface area contributed by atoms with Gasteiger partial charge >= 0.3 is 0 Å². The molecule has 3 aromatic rings. The van der Waals surface area contributed by atoms with Gasteiger partial charge in [-0.05, 0) is 18.1 Å². The lowest BCUT2D eigenvalue weighted by Crippen LogP contribution is -2.32. The Morgan fingerprint density at radius 3 is 2.83 bits per heavy atom. The molecule has 0 amide bonds. The van der Waals surface area contributed by atoms with E-state index in [0.717, 1.165) is 21.7 Å². The summed E-state index contributed by atoms with van der Waals surface area (Å²) in [5.74, 6) is 0.593. The van der Waals surface area contributed by atoms with Gasteiger partial charge in [0.15, 0.2) is 0 Å². The topological polar surface area (TPSA) is 78.0 Å². The normalized spacial score (nSPS) is 12.6. The first kappa shape index (κ1) is 15.9. The molecular formula is C17H19N3O2S. The van der Waals surface area contributed by atoms with Gasteiger partial charge in [-0.1, -0.05) is 37.3 Å². The SMILES string of the molecule is CCC(CO)NCc1nc2sc(-c3ccccc3)cc2c(=O)[nH]1. The van der Waals surface area contributed by atoms with Crippen molar-refractivity contribution < 1.29 is 5.11 Å². The number of aromatic nitrogens is 2. The molecule has 1 aromatic carbocycles. The number of fused-ring (bicyclic) bond motifs is 1. The van der Waals surface area contributed by atoms with E-state index in [-0.39, 0.29) is 18.2 Å². The van der Waals surface area contributed by atoms with Gasteiger partial charge in [-0.2, -0.15) is 0 Å².